The van der Waals surface area contributed by atoms with E-state index in [2.05, 4.69) is 23.3 Å². The van der Waals surface area contributed by atoms with Crippen LogP contribution in [-0.4, -0.2) is 18.9 Å². The van der Waals surface area contributed by atoms with Crippen LogP contribution in [0.5, 0.6) is 0 Å². The van der Waals surface area contributed by atoms with Crippen molar-refractivity contribution in [2.45, 2.75) is 13.3 Å². The monoisotopic (exact) mass is 222 g/mol. The van der Waals surface area contributed by atoms with E-state index in [4.69, 9.17) is 11.6 Å². The minimum atomic E-state index is 0.424. The van der Waals surface area contributed by atoms with Crippen molar-refractivity contribution in [3.8, 4) is 0 Å². The van der Waals surface area contributed by atoms with Crippen molar-refractivity contribution in [1.29, 1.82) is 0 Å². The zero-order valence-corrected chi connectivity index (χ0v) is 9.59. The Balaban J connectivity index is 2.05. The summed E-state index contributed by atoms with van der Waals surface area (Å²) in [5.41, 5.74) is 1.20. The molecule has 1 aliphatic rings. The molecule has 0 amide bonds. The first-order valence-electron chi connectivity index (χ1n) is 5.29. The first-order chi connectivity index (χ1) is 7.27. The SMILES string of the molecule is CC(Cc1ccccc1Cl)C1=NCCN1. The summed E-state index contributed by atoms with van der Waals surface area (Å²) in [5.74, 6) is 1.54. The number of rotatable bonds is 3. The Morgan fingerprint density at radius 2 is 2.27 bits per heavy atom. The Bertz CT molecular complexity index is 374. The smallest absolute Gasteiger partial charge is 0.0996 e. The van der Waals surface area contributed by atoms with E-state index in [1.807, 2.05) is 18.2 Å². The van der Waals surface area contributed by atoms with Crippen LogP contribution in [0.25, 0.3) is 0 Å². The second kappa shape index (κ2) is 4.67. The molecule has 1 N–H and O–H groups in total. The molecule has 1 aromatic rings. The van der Waals surface area contributed by atoms with Crippen LogP contribution in [0.1, 0.15) is 12.5 Å². The number of nitrogens with zero attached hydrogens (tertiary/aromatic N) is 1. The van der Waals surface area contributed by atoms with Crippen LogP contribution in [-0.2, 0) is 6.42 Å². The fraction of sp³-hybridized carbons (Fsp3) is 0.417. The molecule has 1 aliphatic heterocycles. The second-order valence-corrected chi connectivity index (χ2v) is 4.30. The average molecular weight is 223 g/mol. The summed E-state index contributed by atoms with van der Waals surface area (Å²) >= 11 is 6.11. The van der Waals surface area contributed by atoms with Crippen molar-refractivity contribution in [2.75, 3.05) is 13.1 Å². The average Bonchev–Trinajstić information content (AvgIpc) is 2.74. The summed E-state index contributed by atoms with van der Waals surface area (Å²) in [6.07, 6.45) is 0.950. The summed E-state index contributed by atoms with van der Waals surface area (Å²) in [4.78, 5) is 4.42. The first-order valence-corrected chi connectivity index (χ1v) is 5.67. The molecule has 3 heteroatoms. The fourth-order valence-electron chi connectivity index (χ4n) is 1.84. The highest BCUT2D eigenvalue weighted by Gasteiger charge is 2.15. The third kappa shape index (κ3) is 2.51. The van der Waals surface area contributed by atoms with Gasteiger partial charge in [0.05, 0.1) is 12.4 Å². The normalized spacial score (nSPS) is 17.1. The summed E-state index contributed by atoms with van der Waals surface area (Å²) in [6.45, 7) is 4.06. The van der Waals surface area contributed by atoms with E-state index in [-0.39, 0.29) is 0 Å². The number of hydrogen-bond acceptors (Lipinski definition) is 2. The molecule has 0 aromatic heterocycles. The van der Waals surface area contributed by atoms with Gasteiger partial charge in [-0.25, -0.2) is 0 Å². The van der Waals surface area contributed by atoms with Crippen molar-refractivity contribution < 1.29 is 0 Å². The number of amidine groups is 1. The largest absolute Gasteiger partial charge is 0.372 e. The molecule has 0 radical (unpaired) electrons. The van der Waals surface area contributed by atoms with Crippen LogP contribution in [0.3, 0.4) is 0 Å². The molecule has 0 spiro atoms. The molecule has 0 aliphatic carbocycles. The maximum Gasteiger partial charge on any atom is 0.0996 e. The van der Waals surface area contributed by atoms with Gasteiger partial charge in [-0.1, -0.05) is 36.7 Å². The van der Waals surface area contributed by atoms with Crippen LogP contribution in [0, 0.1) is 5.92 Å². The summed E-state index contributed by atoms with van der Waals surface area (Å²) in [6, 6.07) is 8.00. The Hall–Kier alpha value is -1.02. The van der Waals surface area contributed by atoms with Gasteiger partial charge >= 0.3 is 0 Å². The van der Waals surface area contributed by atoms with E-state index in [0.29, 0.717) is 5.92 Å². The highest BCUT2D eigenvalue weighted by Crippen LogP contribution is 2.19. The Morgan fingerprint density at radius 1 is 1.47 bits per heavy atom. The van der Waals surface area contributed by atoms with Gasteiger partial charge in [-0.05, 0) is 18.1 Å². The molecule has 2 rings (SSSR count). The lowest BCUT2D eigenvalue weighted by Crippen LogP contribution is -2.26. The second-order valence-electron chi connectivity index (χ2n) is 3.89. The molecule has 2 nitrogen and oxygen atoms in total. The molecule has 0 saturated heterocycles. The van der Waals surface area contributed by atoms with Gasteiger partial charge in [-0.15, -0.1) is 0 Å². The van der Waals surface area contributed by atoms with Crippen LogP contribution < -0.4 is 5.32 Å². The standard InChI is InChI=1S/C12H15ClN2/c1-9(12-14-6-7-15-12)8-10-4-2-3-5-11(10)13/h2-5,9H,6-8H2,1H3,(H,14,15). The molecular weight excluding hydrogens is 208 g/mol. The van der Waals surface area contributed by atoms with Gasteiger partial charge in [0, 0.05) is 17.5 Å². The fourth-order valence-corrected chi connectivity index (χ4v) is 2.05. The molecule has 0 saturated carbocycles. The van der Waals surface area contributed by atoms with E-state index < -0.39 is 0 Å². The molecule has 1 aromatic carbocycles. The molecule has 1 atom stereocenters. The van der Waals surface area contributed by atoms with Gasteiger partial charge in [0.25, 0.3) is 0 Å². The quantitative estimate of drug-likeness (QED) is 0.835. The lowest BCUT2D eigenvalue weighted by molar-refractivity contribution is 0.743. The van der Waals surface area contributed by atoms with Crippen molar-refractivity contribution in [1.82, 2.24) is 5.32 Å². The third-order valence-electron chi connectivity index (χ3n) is 2.65. The van der Waals surface area contributed by atoms with E-state index in [0.717, 1.165) is 30.4 Å². The van der Waals surface area contributed by atoms with Crippen LogP contribution >= 0.6 is 11.6 Å². The Kier molecular flexibility index (Phi) is 3.27. The Morgan fingerprint density at radius 3 is 2.93 bits per heavy atom. The Labute approximate surface area is 95.4 Å². The molecule has 0 bridgehead atoms. The minimum absolute atomic E-state index is 0.424. The van der Waals surface area contributed by atoms with Gasteiger partial charge in [-0.2, -0.15) is 0 Å². The van der Waals surface area contributed by atoms with E-state index in [9.17, 15) is 0 Å². The van der Waals surface area contributed by atoms with Crippen molar-refractivity contribution >= 4 is 17.4 Å². The molecule has 0 fully saturated rings. The van der Waals surface area contributed by atoms with Crippen molar-refractivity contribution in [3.63, 3.8) is 0 Å². The zero-order valence-electron chi connectivity index (χ0n) is 8.83. The maximum atomic E-state index is 6.11. The summed E-state index contributed by atoms with van der Waals surface area (Å²) < 4.78 is 0. The van der Waals surface area contributed by atoms with Crippen molar-refractivity contribution in [2.24, 2.45) is 10.9 Å². The number of aliphatic imine (C=N–C) groups is 1. The molecular formula is C12H15ClN2. The lowest BCUT2D eigenvalue weighted by Gasteiger charge is -2.12. The predicted molar refractivity (Wildman–Crippen MR) is 64.6 cm³/mol. The van der Waals surface area contributed by atoms with Crippen molar-refractivity contribution in [3.05, 3.63) is 34.9 Å². The van der Waals surface area contributed by atoms with Gasteiger partial charge in [0.2, 0.25) is 0 Å². The van der Waals surface area contributed by atoms with Gasteiger partial charge in [0.15, 0.2) is 0 Å². The zero-order chi connectivity index (χ0) is 10.7. The number of benzene rings is 1. The van der Waals surface area contributed by atoms with E-state index >= 15 is 0 Å². The number of halogens is 1. The summed E-state index contributed by atoms with van der Waals surface area (Å²) in [7, 11) is 0. The highest BCUT2D eigenvalue weighted by atomic mass is 35.5. The van der Waals surface area contributed by atoms with E-state index in [1.54, 1.807) is 0 Å². The van der Waals surface area contributed by atoms with Crippen LogP contribution in [0.15, 0.2) is 29.3 Å². The number of hydrogen-bond donors (Lipinski definition) is 1. The first kappa shape index (κ1) is 10.5. The van der Waals surface area contributed by atoms with E-state index in [1.165, 1.54) is 5.56 Å². The van der Waals surface area contributed by atoms with Gasteiger partial charge < -0.3 is 5.32 Å². The predicted octanol–water partition coefficient (Wildman–Crippen LogP) is 2.52. The molecule has 1 heterocycles. The van der Waals surface area contributed by atoms with Gasteiger partial charge in [0.1, 0.15) is 0 Å². The topological polar surface area (TPSA) is 24.4 Å². The maximum absolute atomic E-state index is 6.11. The minimum Gasteiger partial charge on any atom is -0.372 e. The lowest BCUT2D eigenvalue weighted by atomic mass is 10.00. The van der Waals surface area contributed by atoms with Crippen LogP contribution in [0.2, 0.25) is 5.02 Å². The number of nitrogens with one attached hydrogen (secondary N) is 1. The molecule has 15 heavy (non-hydrogen) atoms. The molecule has 80 valence electrons. The summed E-state index contributed by atoms with van der Waals surface area (Å²) in [5, 5.41) is 4.15. The van der Waals surface area contributed by atoms with Crippen LogP contribution in [0.4, 0.5) is 0 Å². The highest BCUT2D eigenvalue weighted by molar-refractivity contribution is 6.31. The molecule has 1 unspecified atom stereocenters. The third-order valence-corrected chi connectivity index (χ3v) is 3.02. The van der Waals surface area contributed by atoms with Gasteiger partial charge in [-0.3, -0.25) is 4.99 Å².